The van der Waals surface area contributed by atoms with Crippen LogP contribution >= 0.6 is 11.8 Å². The van der Waals surface area contributed by atoms with E-state index in [4.69, 9.17) is 5.26 Å². The van der Waals surface area contributed by atoms with Gasteiger partial charge in [-0.1, -0.05) is 12.1 Å². The molecule has 114 valence electrons. The zero-order valence-corrected chi connectivity index (χ0v) is 11.9. The predicted octanol–water partition coefficient (Wildman–Crippen LogP) is 3.02. The number of thioether (sulfide) groups is 1. The fourth-order valence-corrected chi connectivity index (χ4v) is 2.28. The van der Waals surface area contributed by atoms with Crippen molar-refractivity contribution in [2.24, 2.45) is 0 Å². The molecular formula is C13H13F3N2O2S. The fraction of sp³-hybridized carbons (Fsp3) is 0.385. The molecule has 21 heavy (non-hydrogen) atoms. The Morgan fingerprint density at radius 1 is 1.43 bits per heavy atom. The van der Waals surface area contributed by atoms with Crippen LogP contribution < -0.4 is 10.1 Å². The lowest BCUT2D eigenvalue weighted by atomic mass is 10.2. The first-order valence-corrected chi connectivity index (χ1v) is 6.97. The van der Waals surface area contributed by atoms with E-state index in [2.05, 4.69) is 10.1 Å². The molecule has 0 aliphatic rings. The second-order valence-electron chi connectivity index (χ2n) is 4.00. The Balaban J connectivity index is 2.50. The highest BCUT2D eigenvalue weighted by atomic mass is 32.2. The van der Waals surface area contributed by atoms with Gasteiger partial charge in [-0.3, -0.25) is 4.79 Å². The second kappa shape index (κ2) is 7.78. The summed E-state index contributed by atoms with van der Waals surface area (Å²) in [6, 6.07) is 7.30. The minimum absolute atomic E-state index is 0.0444. The number of benzene rings is 1. The standard InChI is InChI=1S/C13H13F3N2O2S/c1-9(21-8-12(19)18-7-6-17)10-2-4-11(5-3-10)20-13(14,15)16/h2-5,9H,7-8H2,1H3,(H,18,19)/t9-/m1/s1. The molecule has 1 N–H and O–H groups in total. The average molecular weight is 318 g/mol. The molecule has 0 aliphatic heterocycles. The van der Waals surface area contributed by atoms with Gasteiger partial charge in [0.2, 0.25) is 5.91 Å². The maximum Gasteiger partial charge on any atom is 0.573 e. The largest absolute Gasteiger partial charge is 0.573 e. The van der Waals surface area contributed by atoms with Gasteiger partial charge in [-0.25, -0.2) is 0 Å². The van der Waals surface area contributed by atoms with E-state index in [1.54, 1.807) is 6.07 Å². The third kappa shape index (κ3) is 6.90. The Bertz CT molecular complexity index is 512. The van der Waals surface area contributed by atoms with Crippen LogP contribution in [0.25, 0.3) is 0 Å². The molecular weight excluding hydrogens is 305 g/mol. The van der Waals surface area contributed by atoms with Crippen LogP contribution in [0.3, 0.4) is 0 Å². The third-order valence-electron chi connectivity index (χ3n) is 2.41. The van der Waals surface area contributed by atoms with Gasteiger partial charge in [0, 0.05) is 5.25 Å². The van der Waals surface area contributed by atoms with Gasteiger partial charge in [-0.05, 0) is 24.6 Å². The molecule has 0 fully saturated rings. The molecule has 0 heterocycles. The number of hydrogen-bond donors (Lipinski definition) is 1. The molecule has 1 amide bonds. The number of nitriles is 1. The summed E-state index contributed by atoms with van der Waals surface area (Å²) >= 11 is 1.32. The van der Waals surface area contributed by atoms with Crippen molar-refractivity contribution in [2.45, 2.75) is 18.5 Å². The molecule has 8 heteroatoms. The van der Waals surface area contributed by atoms with E-state index < -0.39 is 6.36 Å². The van der Waals surface area contributed by atoms with Gasteiger partial charge in [-0.2, -0.15) is 5.26 Å². The minimum atomic E-state index is -4.71. The van der Waals surface area contributed by atoms with Gasteiger partial charge in [0.05, 0.1) is 11.8 Å². The molecule has 0 radical (unpaired) electrons. The lowest BCUT2D eigenvalue weighted by molar-refractivity contribution is -0.274. The topological polar surface area (TPSA) is 62.1 Å². The maximum absolute atomic E-state index is 12.0. The molecule has 1 aromatic carbocycles. The van der Waals surface area contributed by atoms with Crippen molar-refractivity contribution in [1.29, 1.82) is 5.26 Å². The summed E-state index contributed by atoms with van der Waals surface area (Å²) < 4.78 is 39.8. The Morgan fingerprint density at radius 2 is 2.05 bits per heavy atom. The summed E-state index contributed by atoms with van der Waals surface area (Å²) in [4.78, 5) is 11.3. The zero-order chi connectivity index (χ0) is 15.9. The highest BCUT2D eigenvalue weighted by molar-refractivity contribution is 8.00. The normalized spacial score (nSPS) is 12.3. The molecule has 0 aromatic heterocycles. The molecule has 0 spiro atoms. The number of carbonyl (C=O) groups excluding carboxylic acids is 1. The molecule has 1 aromatic rings. The Morgan fingerprint density at radius 3 is 2.57 bits per heavy atom. The number of halogens is 3. The van der Waals surface area contributed by atoms with Crippen LogP contribution in [-0.4, -0.2) is 24.6 Å². The number of nitrogens with one attached hydrogen (secondary N) is 1. The second-order valence-corrected chi connectivity index (χ2v) is 5.33. The van der Waals surface area contributed by atoms with Crippen LogP contribution in [-0.2, 0) is 4.79 Å². The van der Waals surface area contributed by atoms with Gasteiger partial charge in [0.15, 0.2) is 0 Å². The van der Waals surface area contributed by atoms with Crippen molar-refractivity contribution in [2.75, 3.05) is 12.3 Å². The van der Waals surface area contributed by atoms with Crippen LogP contribution in [0.2, 0.25) is 0 Å². The van der Waals surface area contributed by atoms with Crippen molar-refractivity contribution in [1.82, 2.24) is 5.32 Å². The van der Waals surface area contributed by atoms with Crippen molar-refractivity contribution in [3.05, 3.63) is 29.8 Å². The number of amides is 1. The summed E-state index contributed by atoms with van der Waals surface area (Å²) in [6.45, 7) is 1.79. The third-order valence-corrected chi connectivity index (χ3v) is 3.61. The van der Waals surface area contributed by atoms with E-state index in [0.29, 0.717) is 0 Å². The van der Waals surface area contributed by atoms with E-state index in [0.717, 1.165) is 5.56 Å². The maximum atomic E-state index is 12.0. The first kappa shape index (κ1) is 17.2. The van der Waals surface area contributed by atoms with Gasteiger partial charge >= 0.3 is 6.36 Å². The van der Waals surface area contributed by atoms with Gasteiger partial charge in [0.25, 0.3) is 0 Å². The van der Waals surface area contributed by atoms with Crippen LogP contribution in [0.5, 0.6) is 5.75 Å². The lowest BCUT2D eigenvalue weighted by Gasteiger charge is -2.13. The number of carbonyl (C=O) groups is 1. The molecule has 0 saturated heterocycles. The smallest absolute Gasteiger partial charge is 0.406 e. The fourth-order valence-electron chi connectivity index (χ4n) is 1.43. The SMILES string of the molecule is C[C@@H](SCC(=O)NCC#N)c1ccc(OC(F)(F)F)cc1. The molecule has 0 bridgehead atoms. The number of ether oxygens (including phenoxy) is 1. The minimum Gasteiger partial charge on any atom is -0.406 e. The van der Waals surface area contributed by atoms with Crippen LogP contribution in [0, 0.1) is 11.3 Å². The number of hydrogen-bond acceptors (Lipinski definition) is 4. The molecule has 0 aliphatic carbocycles. The van der Waals surface area contributed by atoms with Crippen molar-refractivity contribution >= 4 is 17.7 Å². The van der Waals surface area contributed by atoms with Crippen LogP contribution in [0.15, 0.2) is 24.3 Å². The zero-order valence-electron chi connectivity index (χ0n) is 11.1. The van der Waals surface area contributed by atoms with Gasteiger partial charge < -0.3 is 10.1 Å². The van der Waals surface area contributed by atoms with Crippen molar-refractivity contribution < 1.29 is 22.7 Å². The summed E-state index contributed by atoms with van der Waals surface area (Å²) in [5, 5.41) is 10.7. The predicted molar refractivity (Wildman–Crippen MR) is 72.6 cm³/mol. The van der Waals surface area contributed by atoms with Gasteiger partial charge in [-0.15, -0.1) is 24.9 Å². The molecule has 4 nitrogen and oxygen atoms in total. The Labute approximate surface area is 124 Å². The van der Waals surface area contributed by atoms with E-state index in [9.17, 15) is 18.0 Å². The molecule has 0 saturated carbocycles. The summed E-state index contributed by atoms with van der Waals surface area (Å²) in [7, 11) is 0. The highest BCUT2D eigenvalue weighted by Gasteiger charge is 2.31. The number of rotatable bonds is 6. The van der Waals surface area contributed by atoms with Crippen LogP contribution in [0.4, 0.5) is 13.2 Å². The number of alkyl halides is 3. The summed E-state index contributed by atoms with van der Waals surface area (Å²) in [6.07, 6.45) is -4.71. The highest BCUT2D eigenvalue weighted by Crippen LogP contribution is 2.30. The van der Waals surface area contributed by atoms with E-state index in [1.807, 2.05) is 6.92 Å². The Hall–Kier alpha value is -1.88. The first-order valence-electron chi connectivity index (χ1n) is 5.93. The van der Waals surface area contributed by atoms with Crippen LogP contribution in [0.1, 0.15) is 17.7 Å². The summed E-state index contributed by atoms with van der Waals surface area (Å²) in [5.41, 5.74) is 0.780. The van der Waals surface area contributed by atoms with E-state index >= 15 is 0 Å². The molecule has 1 rings (SSSR count). The Kier molecular flexibility index (Phi) is 6.37. The molecule has 0 unspecified atom stereocenters. The first-order chi connectivity index (χ1) is 9.81. The quantitative estimate of drug-likeness (QED) is 0.819. The lowest BCUT2D eigenvalue weighted by Crippen LogP contribution is -2.25. The van der Waals surface area contributed by atoms with Crippen molar-refractivity contribution in [3.63, 3.8) is 0 Å². The van der Waals surface area contributed by atoms with E-state index in [-0.39, 0.29) is 29.2 Å². The monoisotopic (exact) mass is 318 g/mol. The molecule has 1 atom stereocenters. The summed E-state index contributed by atoms with van der Waals surface area (Å²) in [5.74, 6) is -0.371. The van der Waals surface area contributed by atoms with Gasteiger partial charge in [0.1, 0.15) is 12.3 Å². The number of nitrogens with zero attached hydrogens (tertiary/aromatic N) is 1. The van der Waals surface area contributed by atoms with E-state index in [1.165, 1.54) is 36.0 Å². The average Bonchev–Trinajstić information content (AvgIpc) is 2.41. The van der Waals surface area contributed by atoms with Crippen molar-refractivity contribution in [3.8, 4) is 11.8 Å².